The van der Waals surface area contributed by atoms with Crippen LogP contribution in [0.1, 0.15) is 22.8 Å². The third kappa shape index (κ3) is 3.72. The number of para-hydroxylation sites is 1. The number of hydrogen-bond donors (Lipinski definition) is 1. The number of nitriles is 1. The fraction of sp³-hybridized carbons (Fsp3) is 0.105. The van der Waals surface area contributed by atoms with E-state index in [1.54, 1.807) is 37.3 Å². The molecular formula is C19H14FN5O2. The number of halogens is 1. The van der Waals surface area contributed by atoms with Gasteiger partial charge in [-0.25, -0.2) is 9.82 Å². The predicted molar refractivity (Wildman–Crippen MR) is 97.6 cm³/mol. The summed E-state index contributed by atoms with van der Waals surface area (Å²) < 4.78 is 13.8. The number of rotatable bonds is 4. The monoisotopic (exact) mass is 363 g/mol. The van der Waals surface area contributed by atoms with Crippen molar-refractivity contribution in [2.45, 2.75) is 6.92 Å². The molecule has 1 N–H and O–H groups in total. The molecule has 0 spiro atoms. The van der Waals surface area contributed by atoms with Crippen LogP contribution in [0.15, 0.2) is 58.7 Å². The summed E-state index contributed by atoms with van der Waals surface area (Å²) in [5.41, 5.74) is 3.19. The van der Waals surface area contributed by atoms with Crippen LogP contribution in [0.25, 0.3) is 0 Å². The van der Waals surface area contributed by atoms with Crippen molar-refractivity contribution in [3.63, 3.8) is 0 Å². The molecule has 0 radical (unpaired) electrons. The number of nitrogens with one attached hydrogen (secondary N) is 1. The van der Waals surface area contributed by atoms with Crippen molar-refractivity contribution < 1.29 is 14.0 Å². The summed E-state index contributed by atoms with van der Waals surface area (Å²) in [6.45, 7) is 1.68. The second-order valence-corrected chi connectivity index (χ2v) is 5.73. The number of hydrogen-bond acceptors (Lipinski definition) is 5. The lowest BCUT2D eigenvalue weighted by Gasteiger charge is -2.12. The Hall–Kier alpha value is -3.86. The third-order valence-corrected chi connectivity index (χ3v) is 3.92. The molecule has 0 saturated heterocycles. The average molecular weight is 363 g/mol. The number of hydrazone groups is 2. The third-order valence-electron chi connectivity index (χ3n) is 3.92. The molecule has 1 aliphatic heterocycles. The molecule has 27 heavy (non-hydrogen) atoms. The second-order valence-electron chi connectivity index (χ2n) is 5.73. The predicted octanol–water partition coefficient (Wildman–Crippen LogP) is 2.45. The van der Waals surface area contributed by atoms with Crippen LogP contribution in [0.2, 0.25) is 0 Å². The van der Waals surface area contributed by atoms with Gasteiger partial charge in [0, 0.05) is 6.21 Å². The van der Waals surface area contributed by atoms with Crippen molar-refractivity contribution in [3.8, 4) is 6.07 Å². The molecule has 0 aromatic heterocycles. The lowest BCUT2D eigenvalue weighted by atomic mass is 10.1. The van der Waals surface area contributed by atoms with Crippen molar-refractivity contribution in [1.82, 2.24) is 5.43 Å². The first kappa shape index (κ1) is 17.9. The first-order valence-electron chi connectivity index (χ1n) is 7.98. The molecule has 8 heteroatoms. The van der Waals surface area contributed by atoms with Crippen molar-refractivity contribution in [2.24, 2.45) is 16.1 Å². The van der Waals surface area contributed by atoms with Gasteiger partial charge < -0.3 is 0 Å². The fourth-order valence-corrected chi connectivity index (χ4v) is 2.50. The summed E-state index contributed by atoms with van der Waals surface area (Å²) in [5, 5.41) is 18.0. The minimum absolute atomic E-state index is 0.108. The lowest BCUT2D eigenvalue weighted by molar-refractivity contribution is -0.118. The van der Waals surface area contributed by atoms with E-state index in [0.717, 1.165) is 6.07 Å². The molecule has 3 rings (SSSR count). The Kier molecular flexibility index (Phi) is 5.04. The van der Waals surface area contributed by atoms with Crippen LogP contribution in [0.3, 0.4) is 0 Å². The number of benzene rings is 2. The number of amides is 2. The Morgan fingerprint density at radius 1 is 1.33 bits per heavy atom. The van der Waals surface area contributed by atoms with Crippen molar-refractivity contribution in [1.29, 1.82) is 5.26 Å². The second kappa shape index (κ2) is 7.58. The highest BCUT2D eigenvalue weighted by atomic mass is 19.1. The Balaban J connectivity index is 1.68. The Morgan fingerprint density at radius 2 is 2.07 bits per heavy atom. The summed E-state index contributed by atoms with van der Waals surface area (Å²) in [7, 11) is 0. The van der Waals surface area contributed by atoms with Crippen molar-refractivity contribution >= 4 is 29.4 Å². The highest BCUT2D eigenvalue weighted by molar-refractivity contribution is 6.23. The van der Waals surface area contributed by atoms with Gasteiger partial charge in [0.1, 0.15) is 11.7 Å². The van der Waals surface area contributed by atoms with E-state index in [1.807, 2.05) is 6.07 Å². The van der Waals surface area contributed by atoms with Crippen LogP contribution in [-0.2, 0) is 4.79 Å². The van der Waals surface area contributed by atoms with E-state index < -0.39 is 17.6 Å². The van der Waals surface area contributed by atoms with E-state index in [1.165, 1.54) is 23.4 Å². The Labute approximate surface area is 154 Å². The Bertz CT molecular complexity index is 995. The van der Waals surface area contributed by atoms with Gasteiger partial charge in [0.05, 0.1) is 28.6 Å². The van der Waals surface area contributed by atoms with Crippen LogP contribution >= 0.6 is 0 Å². The van der Waals surface area contributed by atoms with Crippen LogP contribution in [-0.4, -0.2) is 23.7 Å². The molecule has 0 saturated carbocycles. The van der Waals surface area contributed by atoms with E-state index in [-0.39, 0.29) is 17.0 Å². The van der Waals surface area contributed by atoms with Gasteiger partial charge in [-0.1, -0.05) is 18.2 Å². The van der Waals surface area contributed by atoms with Crippen LogP contribution in [0.4, 0.5) is 10.1 Å². The Morgan fingerprint density at radius 3 is 2.74 bits per heavy atom. The van der Waals surface area contributed by atoms with E-state index in [9.17, 15) is 14.0 Å². The molecule has 134 valence electrons. The van der Waals surface area contributed by atoms with Gasteiger partial charge in [0.25, 0.3) is 11.8 Å². The molecule has 2 amide bonds. The molecule has 1 aliphatic rings. The maximum atomic E-state index is 13.8. The van der Waals surface area contributed by atoms with Gasteiger partial charge in [-0.15, -0.1) is 0 Å². The zero-order valence-corrected chi connectivity index (χ0v) is 14.3. The van der Waals surface area contributed by atoms with Crippen molar-refractivity contribution in [3.05, 3.63) is 65.5 Å². The van der Waals surface area contributed by atoms with E-state index in [0.29, 0.717) is 11.4 Å². The zero-order valence-electron chi connectivity index (χ0n) is 14.3. The lowest BCUT2D eigenvalue weighted by Crippen LogP contribution is -2.29. The molecule has 2 aromatic rings. The highest BCUT2D eigenvalue weighted by Crippen LogP contribution is 2.22. The molecule has 1 atom stereocenters. The normalized spacial score (nSPS) is 16.3. The minimum Gasteiger partial charge on any atom is -0.271 e. The van der Waals surface area contributed by atoms with Gasteiger partial charge in [-0.05, 0) is 37.3 Å². The van der Waals surface area contributed by atoms with E-state index >= 15 is 0 Å². The van der Waals surface area contributed by atoms with E-state index in [2.05, 4.69) is 15.6 Å². The van der Waals surface area contributed by atoms with Crippen LogP contribution in [0, 0.1) is 23.1 Å². The standard InChI is InChI=1S/C19H14FN5O2/c1-12-16(19(27)25(24-12)14-5-3-2-4-6-14)11-22-23-18(26)15-8-7-13(10-21)9-17(15)20/h2-9,11,16H,1H3,(H,23,26)/b22-11-. The van der Waals surface area contributed by atoms with Crippen molar-refractivity contribution in [2.75, 3.05) is 5.01 Å². The van der Waals surface area contributed by atoms with E-state index in [4.69, 9.17) is 5.26 Å². The SMILES string of the molecule is CC1=NN(c2ccccc2)C(=O)C1/C=N\NC(=O)c1ccc(C#N)cc1F. The average Bonchev–Trinajstić information content (AvgIpc) is 2.96. The molecule has 7 nitrogen and oxygen atoms in total. The topological polar surface area (TPSA) is 97.9 Å². The summed E-state index contributed by atoms with van der Waals surface area (Å²) >= 11 is 0. The molecular weight excluding hydrogens is 349 g/mol. The smallest absolute Gasteiger partial charge is 0.271 e. The van der Waals surface area contributed by atoms with Gasteiger partial charge >= 0.3 is 0 Å². The number of carbonyl (C=O) groups is 2. The quantitative estimate of drug-likeness (QED) is 0.667. The molecule has 0 bridgehead atoms. The van der Waals surface area contributed by atoms with Gasteiger partial charge in [0.15, 0.2) is 0 Å². The number of anilines is 1. The molecule has 2 aromatic carbocycles. The molecule has 1 heterocycles. The van der Waals surface area contributed by atoms with Gasteiger partial charge in [0.2, 0.25) is 0 Å². The maximum absolute atomic E-state index is 13.8. The largest absolute Gasteiger partial charge is 0.274 e. The van der Waals surface area contributed by atoms with Crippen LogP contribution < -0.4 is 10.4 Å². The molecule has 1 unspecified atom stereocenters. The summed E-state index contributed by atoms with van der Waals surface area (Å²) in [4.78, 5) is 24.5. The highest BCUT2D eigenvalue weighted by Gasteiger charge is 2.33. The molecule has 0 fully saturated rings. The summed E-state index contributed by atoms with van der Waals surface area (Å²) in [5.74, 6) is -2.64. The number of nitrogens with zero attached hydrogens (tertiary/aromatic N) is 4. The first-order valence-corrected chi connectivity index (χ1v) is 7.98. The van der Waals surface area contributed by atoms with Crippen LogP contribution in [0.5, 0.6) is 0 Å². The maximum Gasteiger partial charge on any atom is 0.274 e. The first-order chi connectivity index (χ1) is 13.0. The minimum atomic E-state index is -0.827. The summed E-state index contributed by atoms with van der Waals surface area (Å²) in [6.07, 6.45) is 1.25. The fourth-order valence-electron chi connectivity index (χ4n) is 2.50. The summed E-state index contributed by atoms with van der Waals surface area (Å²) in [6, 6.07) is 14.2. The van der Waals surface area contributed by atoms with Gasteiger partial charge in [-0.3, -0.25) is 9.59 Å². The zero-order chi connectivity index (χ0) is 19.4. The molecule has 0 aliphatic carbocycles. The van der Waals surface area contributed by atoms with Gasteiger partial charge in [-0.2, -0.15) is 20.5 Å². The number of carbonyl (C=O) groups excluding carboxylic acids is 2.